The number of hydrogen-bond donors (Lipinski definition) is 1. The van der Waals surface area contributed by atoms with Gasteiger partial charge in [-0.25, -0.2) is 4.57 Å². The molecule has 1 amide bonds. The van der Waals surface area contributed by atoms with Gasteiger partial charge in [-0.05, 0) is 13.8 Å². The molecule has 2 aliphatic rings. The lowest BCUT2D eigenvalue weighted by Gasteiger charge is -2.43. The molecule has 0 spiro atoms. The normalized spacial score (nSPS) is 36.5. The molecule has 2 saturated heterocycles. The van der Waals surface area contributed by atoms with Crippen molar-refractivity contribution in [2.24, 2.45) is 0 Å². The molecule has 0 aromatic carbocycles. The Bertz CT molecular complexity index is 364. The Labute approximate surface area is 101 Å². The lowest BCUT2D eigenvalue weighted by atomic mass is 9.97. The van der Waals surface area contributed by atoms with Crippen LogP contribution in [0.3, 0.4) is 0 Å². The van der Waals surface area contributed by atoms with Gasteiger partial charge in [0.15, 0.2) is 11.9 Å². The molecule has 0 bridgehead atoms. The van der Waals surface area contributed by atoms with Crippen molar-refractivity contribution >= 4 is 23.1 Å². The monoisotopic (exact) mass is 278 g/mol. The van der Waals surface area contributed by atoms with Crippen LogP contribution in [0.1, 0.15) is 13.8 Å². The largest absolute Gasteiger partial charge is 0.348 e. The molecule has 1 N–H and O–H groups in total. The van der Waals surface area contributed by atoms with E-state index in [2.05, 4.69) is 0 Å². The number of hydrogen-bond acceptors (Lipinski definition) is 6. The molecule has 2 heterocycles. The lowest BCUT2D eigenvalue weighted by molar-refractivity contribution is -0.173. The summed E-state index contributed by atoms with van der Waals surface area (Å²) < 4.78 is 27.6. The van der Waals surface area contributed by atoms with Gasteiger partial charge in [0.1, 0.15) is 20.7 Å². The molecule has 0 aromatic rings. The lowest BCUT2D eigenvalue weighted by Crippen LogP contribution is -2.66. The van der Waals surface area contributed by atoms with Gasteiger partial charge in [-0.15, -0.1) is 0 Å². The quantitative estimate of drug-likeness (QED) is 0.622. The van der Waals surface area contributed by atoms with E-state index in [1.54, 1.807) is 13.8 Å². The van der Waals surface area contributed by atoms with E-state index in [0.29, 0.717) is 6.61 Å². The van der Waals surface area contributed by atoms with Crippen molar-refractivity contribution in [1.29, 1.82) is 5.16 Å². The van der Waals surface area contributed by atoms with Crippen LogP contribution in [0.2, 0.25) is 0 Å². The maximum absolute atomic E-state index is 11.5. The number of nitrogens with zero attached hydrogens (tertiary/aromatic N) is 1. The van der Waals surface area contributed by atoms with Crippen molar-refractivity contribution in [3.05, 3.63) is 0 Å². The Morgan fingerprint density at radius 2 is 2.29 bits per heavy atom. The van der Waals surface area contributed by atoms with Crippen molar-refractivity contribution in [2.45, 2.75) is 37.9 Å². The number of rotatable bonds is 4. The summed E-state index contributed by atoms with van der Waals surface area (Å²) in [5, 5.41) is 7.25. The molecule has 0 radical (unpaired) electrons. The first kappa shape index (κ1) is 13.0. The van der Waals surface area contributed by atoms with Crippen molar-refractivity contribution in [3.8, 4) is 0 Å². The van der Waals surface area contributed by atoms with E-state index in [9.17, 15) is 9.36 Å². The molecule has 9 heteroatoms. The van der Waals surface area contributed by atoms with E-state index in [1.165, 1.54) is 4.67 Å². The van der Waals surface area contributed by atoms with Gasteiger partial charge in [-0.1, -0.05) is 0 Å². The predicted molar refractivity (Wildman–Crippen MR) is 57.7 cm³/mol. The molecule has 2 unspecified atom stereocenters. The highest BCUT2D eigenvalue weighted by molar-refractivity contribution is 7.23. The molecule has 2 fully saturated rings. The maximum Gasteiger partial charge on any atom is 0.328 e. The van der Waals surface area contributed by atoms with Crippen LogP contribution in [0, 0.1) is 5.16 Å². The second-order valence-corrected chi connectivity index (χ2v) is 5.23. The first-order valence-electron chi connectivity index (χ1n) is 5.01. The fourth-order valence-corrected chi connectivity index (χ4v) is 2.90. The summed E-state index contributed by atoms with van der Waals surface area (Å²) >= 11 is 0. The average Bonchev–Trinajstić information content (AvgIpc) is 2.62. The van der Waals surface area contributed by atoms with Crippen molar-refractivity contribution in [2.75, 3.05) is 6.61 Å². The predicted octanol–water partition coefficient (Wildman–Crippen LogP) is 1.56. The third-order valence-corrected chi connectivity index (χ3v) is 3.73. The topological polar surface area (TPSA) is 88.9 Å². The summed E-state index contributed by atoms with van der Waals surface area (Å²) in [5.74, 6) is -1.04. The molecular weight excluding hydrogens is 266 g/mol. The summed E-state index contributed by atoms with van der Waals surface area (Å²) in [4.78, 5) is 11.5. The van der Waals surface area contributed by atoms with Gasteiger partial charge >= 0.3 is 8.69 Å². The van der Waals surface area contributed by atoms with Crippen molar-refractivity contribution in [3.63, 3.8) is 0 Å². The molecule has 17 heavy (non-hydrogen) atoms. The van der Waals surface area contributed by atoms with Crippen LogP contribution in [0.5, 0.6) is 0 Å². The van der Waals surface area contributed by atoms with E-state index < -0.39 is 26.6 Å². The fourth-order valence-electron chi connectivity index (χ4n) is 1.98. The first-order chi connectivity index (χ1) is 8.00. The number of ether oxygens (including phenoxy) is 2. The second kappa shape index (κ2) is 4.67. The van der Waals surface area contributed by atoms with Gasteiger partial charge in [0.05, 0.1) is 6.61 Å². The Morgan fingerprint density at radius 3 is 2.76 bits per heavy atom. The van der Waals surface area contributed by atoms with Gasteiger partial charge in [-0.3, -0.25) is 19.2 Å². The highest BCUT2D eigenvalue weighted by Gasteiger charge is 2.56. The number of carbonyl (C=O) groups is 1. The summed E-state index contributed by atoms with van der Waals surface area (Å²) in [7, 11) is -0.471. The molecule has 3 atom stereocenters. The molecule has 7 nitrogen and oxygen atoms in total. The molecule has 0 aliphatic carbocycles. The molecule has 2 rings (SSSR count). The van der Waals surface area contributed by atoms with E-state index in [-0.39, 0.29) is 20.5 Å². The van der Waals surface area contributed by atoms with Gasteiger partial charge in [0.25, 0.3) is 5.91 Å². The minimum Gasteiger partial charge on any atom is -0.348 e. The van der Waals surface area contributed by atoms with E-state index in [1.807, 2.05) is 0 Å². The molecule has 0 aromatic heterocycles. The SMILES string of the molecule is CC1(C)OCC(C2[C@@H](OP=O)C(=O)N2P=N)O1. The fraction of sp³-hybridized carbons (Fsp3) is 0.875. The van der Waals surface area contributed by atoms with Gasteiger partial charge < -0.3 is 9.47 Å². The first-order valence-corrected chi connectivity index (χ1v) is 6.58. The standard InChI is InChI=1S/C8H12N2O5P2/c1-8(2)13-3-4(14-8)5-6(15-17-12)7(11)10(5)16-9/h4-6,9H,3H2,1-2H3/t4?,5?,6-/m1/s1. The summed E-state index contributed by atoms with van der Waals surface area (Å²) in [6.45, 7) is 3.88. The Balaban J connectivity index is 2.09. The minimum absolute atomic E-state index is 0.0743. The number of nitrogens with one attached hydrogen (secondary N) is 1. The van der Waals surface area contributed by atoms with Crippen LogP contribution < -0.4 is 0 Å². The van der Waals surface area contributed by atoms with Gasteiger partial charge in [-0.2, -0.15) is 0 Å². The zero-order valence-corrected chi connectivity index (χ0v) is 11.1. The van der Waals surface area contributed by atoms with Gasteiger partial charge in [0.2, 0.25) is 0 Å². The van der Waals surface area contributed by atoms with Crippen LogP contribution >= 0.6 is 17.2 Å². The smallest absolute Gasteiger partial charge is 0.328 e. The summed E-state index contributed by atoms with van der Waals surface area (Å²) in [6, 6.07) is -0.412. The molecule has 94 valence electrons. The minimum atomic E-state index is -0.811. The zero-order valence-electron chi connectivity index (χ0n) is 9.32. The third-order valence-electron chi connectivity index (χ3n) is 2.74. The van der Waals surface area contributed by atoms with Crippen LogP contribution in [0.4, 0.5) is 0 Å². The molecular formula is C8H12N2O5P2. The average molecular weight is 278 g/mol. The highest BCUT2D eigenvalue weighted by atomic mass is 31.1. The second-order valence-electron chi connectivity index (χ2n) is 4.24. The van der Waals surface area contributed by atoms with Crippen molar-refractivity contribution < 1.29 is 23.4 Å². The maximum atomic E-state index is 11.5. The van der Waals surface area contributed by atoms with Crippen LogP contribution in [0.25, 0.3) is 0 Å². The molecule has 2 aliphatic heterocycles. The Kier molecular flexibility index (Phi) is 3.57. The highest BCUT2D eigenvalue weighted by Crippen LogP contribution is 2.38. The Hall–Kier alpha value is -0.450. The van der Waals surface area contributed by atoms with Crippen molar-refractivity contribution in [1.82, 2.24) is 4.67 Å². The van der Waals surface area contributed by atoms with E-state index in [0.717, 1.165) is 0 Å². The summed E-state index contributed by atoms with van der Waals surface area (Å²) in [5.41, 5.74) is 0. The zero-order chi connectivity index (χ0) is 12.6. The van der Waals surface area contributed by atoms with Crippen LogP contribution in [0.15, 0.2) is 0 Å². The van der Waals surface area contributed by atoms with E-state index >= 15 is 0 Å². The molecule has 0 saturated carbocycles. The summed E-state index contributed by atoms with van der Waals surface area (Å²) in [6.07, 6.45) is -1.16. The van der Waals surface area contributed by atoms with E-state index in [4.69, 9.17) is 19.2 Å². The Morgan fingerprint density at radius 1 is 1.59 bits per heavy atom. The van der Waals surface area contributed by atoms with Crippen LogP contribution in [-0.4, -0.2) is 41.2 Å². The number of amides is 1. The number of β-lactam (4-membered cyclic amide) rings is 1. The van der Waals surface area contributed by atoms with Crippen LogP contribution in [-0.2, 0) is 23.4 Å². The van der Waals surface area contributed by atoms with Gasteiger partial charge in [0, 0.05) is 0 Å². The third kappa shape index (κ3) is 2.26. The number of carbonyl (C=O) groups excluding carboxylic acids is 1.